The van der Waals surface area contributed by atoms with Gasteiger partial charge in [0.25, 0.3) is 0 Å². The molecule has 0 unspecified atom stereocenters. The maximum atomic E-state index is 11.3. The molecule has 0 aliphatic rings. The highest BCUT2D eigenvalue weighted by atomic mass is 35.5. The molecule has 3 heteroatoms. The Labute approximate surface area is 120 Å². The maximum absolute atomic E-state index is 11.3. The molecule has 0 radical (unpaired) electrons. The second-order valence-corrected chi connectivity index (χ2v) is 5.93. The maximum Gasteiger partial charge on any atom is 0.151 e. The number of aldehydes is 1. The molecule has 1 heterocycles. The van der Waals surface area contributed by atoms with Crippen LogP contribution in [0.1, 0.15) is 20.8 Å². The summed E-state index contributed by atoms with van der Waals surface area (Å²) in [7, 11) is 0. The molecular formula is C16H11ClOS. The lowest BCUT2D eigenvalue weighted by Crippen LogP contribution is -1.89. The zero-order valence-corrected chi connectivity index (χ0v) is 11.7. The smallest absolute Gasteiger partial charge is 0.151 e. The molecule has 0 saturated heterocycles. The highest BCUT2D eigenvalue weighted by Gasteiger charge is 2.11. The van der Waals surface area contributed by atoms with Crippen molar-refractivity contribution in [2.45, 2.75) is 6.42 Å². The summed E-state index contributed by atoms with van der Waals surface area (Å²) in [5, 5.41) is 1.78. The minimum atomic E-state index is 0.732. The van der Waals surface area contributed by atoms with Gasteiger partial charge in [-0.3, -0.25) is 4.79 Å². The average molecular weight is 287 g/mol. The number of carbonyl (C=O) groups is 1. The summed E-state index contributed by atoms with van der Waals surface area (Å²) in [4.78, 5) is 12.4. The van der Waals surface area contributed by atoms with Crippen molar-refractivity contribution >= 4 is 39.3 Å². The fraction of sp³-hybridized carbons (Fsp3) is 0.0625. The minimum Gasteiger partial charge on any atom is -0.298 e. The van der Waals surface area contributed by atoms with Crippen LogP contribution in [0, 0.1) is 0 Å². The number of benzene rings is 2. The molecule has 2 aromatic carbocycles. The molecule has 0 atom stereocenters. The quantitative estimate of drug-likeness (QED) is 0.622. The zero-order chi connectivity index (χ0) is 13.2. The summed E-state index contributed by atoms with van der Waals surface area (Å²) < 4.78 is 1.16. The summed E-state index contributed by atoms with van der Waals surface area (Å²) in [6, 6.07) is 15.8. The first-order chi connectivity index (χ1) is 9.28. The number of hydrogen-bond acceptors (Lipinski definition) is 2. The molecule has 3 aromatic rings. The summed E-state index contributed by atoms with van der Waals surface area (Å²) >= 11 is 7.57. The molecule has 0 bridgehead atoms. The van der Waals surface area contributed by atoms with Crippen LogP contribution in [0.25, 0.3) is 10.1 Å². The van der Waals surface area contributed by atoms with Crippen LogP contribution >= 0.6 is 22.9 Å². The lowest BCUT2D eigenvalue weighted by molar-refractivity contribution is 0.112. The Kier molecular flexibility index (Phi) is 3.36. The third kappa shape index (κ3) is 2.42. The van der Waals surface area contributed by atoms with E-state index < -0.39 is 0 Å². The van der Waals surface area contributed by atoms with Crippen LogP contribution < -0.4 is 0 Å². The SMILES string of the molecule is O=Cc1c(Cc2ccc(Cl)cc2)sc2ccccc12. The number of rotatable bonds is 3. The van der Waals surface area contributed by atoms with Crippen molar-refractivity contribution in [2.24, 2.45) is 0 Å². The Morgan fingerprint density at radius 3 is 2.53 bits per heavy atom. The van der Waals surface area contributed by atoms with E-state index in [1.807, 2.05) is 42.5 Å². The van der Waals surface area contributed by atoms with Crippen LogP contribution in [0.15, 0.2) is 48.5 Å². The first kappa shape index (κ1) is 12.4. The van der Waals surface area contributed by atoms with Crippen LogP contribution in [0.5, 0.6) is 0 Å². The molecule has 3 rings (SSSR count). The van der Waals surface area contributed by atoms with E-state index in [0.717, 1.165) is 38.3 Å². The van der Waals surface area contributed by atoms with Crippen LogP contribution in [0.2, 0.25) is 5.02 Å². The Balaban J connectivity index is 2.05. The van der Waals surface area contributed by atoms with Crippen molar-refractivity contribution < 1.29 is 4.79 Å². The molecule has 19 heavy (non-hydrogen) atoms. The van der Waals surface area contributed by atoms with Crippen molar-refractivity contribution in [3.8, 4) is 0 Å². The summed E-state index contributed by atoms with van der Waals surface area (Å²) in [6.07, 6.45) is 1.73. The van der Waals surface area contributed by atoms with E-state index in [2.05, 4.69) is 6.07 Å². The molecule has 0 N–H and O–H groups in total. The van der Waals surface area contributed by atoms with E-state index in [4.69, 9.17) is 11.6 Å². The first-order valence-corrected chi connectivity index (χ1v) is 7.17. The predicted octanol–water partition coefficient (Wildman–Crippen LogP) is 4.96. The van der Waals surface area contributed by atoms with Gasteiger partial charge in [0.2, 0.25) is 0 Å². The minimum absolute atomic E-state index is 0.732. The van der Waals surface area contributed by atoms with Crippen LogP contribution in [-0.2, 0) is 6.42 Å². The first-order valence-electron chi connectivity index (χ1n) is 5.98. The zero-order valence-electron chi connectivity index (χ0n) is 10.1. The van der Waals surface area contributed by atoms with Gasteiger partial charge in [0, 0.05) is 32.0 Å². The monoisotopic (exact) mass is 286 g/mol. The van der Waals surface area contributed by atoms with E-state index in [-0.39, 0.29) is 0 Å². The predicted molar refractivity (Wildman–Crippen MR) is 81.5 cm³/mol. The third-order valence-electron chi connectivity index (χ3n) is 3.11. The van der Waals surface area contributed by atoms with Gasteiger partial charge >= 0.3 is 0 Å². The van der Waals surface area contributed by atoms with E-state index in [1.54, 1.807) is 11.3 Å². The molecule has 1 nitrogen and oxygen atoms in total. The summed E-state index contributed by atoms with van der Waals surface area (Å²) in [5.74, 6) is 0. The van der Waals surface area contributed by atoms with Crippen molar-refractivity contribution in [2.75, 3.05) is 0 Å². The molecule has 0 aliphatic heterocycles. The standard InChI is InChI=1S/C16H11ClOS/c17-12-7-5-11(6-8-12)9-16-14(10-18)13-3-1-2-4-15(13)19-16/h1-8,10H,9H2. The van der Waals surface area contributed by atoms with Gasteiger partial charge in [0.1, 0.15) is 0 Å². The van der Waals surface area contributed by atoms with E-state index >= 15 is 0 Å². The Morgan fingerprint density at radius 1 is 1.05 bits per heavy atom. The second-order valence-electron chi connectivity index (χ2n) is 4.36. The van der Waals surface area contributed by atoms with Crippen molar-refractivity contribution in [3.05, 3.63) is 69.6 Å². The normalized spacial score (nSPS) is 10.8. The fourth-order valence-electron chi connectivity index (χ4n) is 2.16. The molecule has 0 fully saturated rings. The van der Waals surface area contributed by atoms with Gasteiger partial charge in [-0.15, -0.1) is 11.3 Å². The number of fused-ring (bicyclic) bond motifs is 1. The van der Waals surface area contributed by atoms with Crippen molar-refractivity contribution in [1.82, 2.24) is 0 Å². The Hall–Kier alpha value is -1.64. The average Bonchev–Trinajstić information content (AvgIpc) is 2.78. The Bertz CT molecular complexity index is 728. The lowest BCUT2D eigenvalue weighted by atomic mass is 10.1. The van der Waals surface area contributed by atoms with Crippen LogP contribution in [0.3, 0.4) is 0 Å². The van der Waals surface area contributed by atoms with Gasteiger partial charge in [0.15, 0.2) is 6.29 Å². The molecule has 0 saturated carbocycles. The fourth-order valence-corrected chi connectivity index (χ4v) is 3.50. The number of halogens is 1. The van der Waals surface area contributed by atoms with Crippen LogP contribution in [0.4, 0.5) is 0 Å². The van der Waals surface area contributed by atoms with Crippen molar-refractivity contribution in [1.29, 1.82) is 0 Å². The van der Waals surface area contributed by atoms with Crippen LogP contribution in [-0.4, -0.2) is 6.29 Å². The summed E-state index contributed by atoms with van der Waals surface area (Å²) in [5.41, 5.74) is 1.98. The molecule has 0 spiro atoms. The molecule has 0 aliphatic carbocycles. The molecular weight excluding hydrogens is 276 g/mol. The van der Waals surface area contributed by atoms with E-state index in [9.17, 15) is 4.79 Å². The number of hydrogen-bond donors (Lipinski definition) is 0. The molecule has 0 amide bonds. The van der Waals surface area contributed by atoms with Gasteiger partial charge in [-0.05, 0) is 23.8 Å². The van der Waals surface area contributed by atoms with Gasteiger partial charge in [0.05, 0.1) is 0 Å². The van der Waals surface area contributed by atoms with E-state index in [1.165, 1.54) is 5.56 Å². The Morgan fingerprint density at radius 2 is 1.79 bits per heavy atom. The van der Waals surface area contributed by atoms with Gasteiger partial charge in [-0.1, -0.05) is 41.9 Å². The largest absolute Gasteiger partial charge is 0.298 e. The third-order valence-corrected chi connectivity index (χ3v) is 4.55. The lowest BCUT2D eigenvalue weighted by Gasteiger charge is -2.00. The highest BCUT2D eigenvalue weighted by Crippen LogP contribution is 2.31. The van der Waals surface area contributed by atoms with Gasteiger partial charge in [-0.25, -0.2) is 0 Å². The molecule has 1 aromatic heterocycles. The summed E-state index contributed by atoms with van der Waals surface area (Å²) in [6.45, 7) is 0. The van der Waals surface area contributed by atoms with Crippen molar-refractivity contribution in [3.63, 3.8) is 0 Å². The van der Waals surface area contributed by atoms with E-state index in [0.29, 0.717) is 0 Å². The number of thiophene rings is 1. The topological polar surface area (TPSA) is 17.1 Å². The second kappa shape index (κ2) is 5.16. The highest BCUT2D eigenvalue weighted by molar-refractivity contribution is 7.19. The molecule has 94 valence electrons. The number of carbonyl (C=O) groups excluding carboxylic acids is 1. The van der Waals surface area contributed by atoms with Gasteiger partial charge < -0.3 is 0 Å². The van der Waals surface area contributed by atoms with Gasteiger partial charge in [-0.2, -0.15) is 0 Å².